The summed E-state index contributed by atoms with van der Waals surface area (Å²) in [6.07, 6.45) is -3.21. The van der Waals surface area contributed by atoms with Gasteiger partial charge in [0, 0.05) is 11.5 Å². The molecule has 1 unspecified atom stereocenters. The van der Waals surface area contributed by atoms with Crippen LogP contribution in [0.3, 0.4) is 0 Å². The maximum absolute atomic E-state index is 13.1. The molecule has 0 spiro atoms. The number of aryl methyl sites for hydroxylation is 1. The fourth-order valence-corrected chi connectivity index (χ4v) is 4.02. The van der Waals surface area contributed by atoms with E-state index < -0.39 is 11.7 Å². The van der Waals surface area contributed by atoms with Gasteiger partial charge in [0.2, 0.25) is 0 Å². The summed E-state index contributed by atoms with van der Waals surface area (Å²) in [6, 6.07) is 18.7. The number of alkyl halides is 3. The van der Waals surface area contributed by atoms with E-state index in [0.29, 0.717) is 29.5 Å². The van der Waals surface area contributed by atoms with E-state index >= 15 is 0 Å². The van der Waals surface area contributed by atoms with E-state index in [1.807, 2.05) is 25.1 Å². The van der Waals surface area contributed by atoms with Crippen molar-refractivity contribution in [1.29, 1.82) is 0 Å². The highest BCUT2D eigenvalue weighted by molar-refractivity contribution is 6.04. The van der Waals surface area contributed by atoms with Crippen molar-refractivity contribution in [1.82, 2.24) is 0 Å². The summed E-state index contributed by atoms with van der Waals surface area (Å²) in [6.45, 7) is 2.01. The monoisotopic (exact) mass is 380 g/mol. The van der Waals surface area contributed by atoms with Gasteiger partial charge in [0.25, 0.3) is 0 Å². The Balaban J connectivity index is 1.69. The standard InChI is InChI=1S/C24H19F3O/c1-15-5-2-6-16(11-15)12-18-14-22-20(9-4-10-21(22)23(18)28)17-7-3-8-19(13-17)24(25,26)27/h2-11,13,18H,12,14H2,1H3. The van der Waals surface area contributed by atoms with Crippen molar-refractivity contribution in [3.05, 3.63) is 94.5 Å². The van der Waals surface area contributed by atoms with Crippen LogP contribution in [0.5, 0.6) is 0 Å². The molecule has 4 heteroatoms. The van der Waals surface area contributed by atoms with Crippen molar-refractivity contribution in [2.45, 2.75) is 25.9 Å². The molecule has 1 nitrogen and oxygen atoms in total. The largest absolute Gasteiger partial charge is 0.416 e. The number of fused-ring (bicyclic) bond motifs is 1. The minimum Gasteiger partial charge on any atom is -0.294 e. The van der Waals surface area contributed by atoms with E-state index in [9.17, 15) is 18.0 Å². The summed E-state index contributed by atoms with van der Waals surface area (Å²) in [5.74, 6) is -0.103. The van der Waals surface area contributed by atoms with E-state index in [2.05, 4.69) is 6.07 Å². The quantitative estimate of drug-likeness (QED) is 0.523. The molecule has 0 radical (unpaired) electrons. The summed E-state index contributed by atoms with van der Waals surface area (Å²) in [5.41, 5.74) is 4.26. The van der Waals surface area contributed by atoms with Crippen molar-refractivity contribution < 1.29 is 18.0 Å². The van der Waals surface area contributed by atoms with Crippen LogP contribution in [0.1, 0.15) is 32.6 Å². The van der Waals surface area contributed by atoms with Gasteiger partial charge in [0.05, 0.1) is 5.56 Å². The summed E-state index contributed by atoms with van der Waals surface area (Å²) in [7, 11) is 0. The zero-order chi connectivity index (χ0) is 19.9. The first-order valence-corrected chi connectivity index (χ1v) is 9.22. The second-order valence-electron chi connectivity index (χ2n) is 7.37. The summed E-state index contributed by atoms with van der Waals surface area (Å²) >= 11 is 0. The number of carbonyl (C=O) groups is 1. The average molecular weight is 380 g/mol. The third-order valence-corrected chi connectivity index (χ3v) is 5.33. The molecule has 0 amide bonds. The number of carbonyl (C=O) groups excluding carboxylic acids is 1. The number of hydrogen-bond acceptors (Lipinski definition) is 1. The topological polar surface area (TPSA) is 17.1 Å². The van der Waals surface area contributed by atoms with Gasteiger partial charge in [-0.2, -0.15) is 13.2 Å². The van der Waals surface area contributed by atoms with Gasteiger partial charge < -0.3 is 0 Å². The summed E-state index contributed by atoms with van der Waals surface area (Å²) < 4.78 is 39.3. The van der Waals surface area contributed by atoms with Crippen LogP contribution in [0.15, 0.2) is 66.7 Å². The van der Waals surface area contributed by atoms with Crippen LogP contribution in [0.2, 0.25) is 0 Å². The van der Waals surface area contributed by atoms with E-state index in [4.69, 9.17) is 0 Å². The lowest BCUT2D eigenvalue weighted by Gasteiger charge is -2.12. The molecule has 0 aliphatic heterocycles. The molecule has 4 rings (SSSR count). The molecule has 1 aliphatic rings. The van der Waals surface area contributed by atoms with Crippen molar-refractivity contribution in [3.63, 3.8) is 0 Å². The molecule has 3 aromatic carbocycles. The third-order valence-electron chi connectivity index (χ3n) is 5.33. The second-order valence-corrected chi connectivity index (χ2v) is 7.37. The molecule has 0 N–H and O–H groups in total. The van der Waals surface area contributed by atoms with E-state index in [1.165, 1.54) is 6.07 Å². The zero-order valence-corrected chi connectivity index (χ0v) is 15.4. The molecule has 0 heterocycles. The molecule has 0 fully saturated rings. The second kappa shape index (κ2) is 6.93. The highest BCUT2D eigenvalue weighted by Crippen LogP contribution is 2.38. The highest BCUT2D eigenvalue weighted by Gasteiger charge is 2.33. The molecule has 3 aromatic rings. The molecule has 28 heavy (non-hydrogen) atoms. The first-order valence-electron chi connectivity index (χ1n) is 9.22. The number of Topliss-reactive ketones (excluding diaryl/α,β-unsaturated/α-hetero) is 1. The predicted molar refractivity (Wildman–Crippen MR) is 103 cm³/mol. The highest BCUT2D eigenvalue weighted by atomic mass is 19.4. The van der Waals surface area contributed by atoms with Gasteiger partial charge in [-0.15, -0.1) is 0 Å². The maximum atomic E-state index is 13.1. The molecular formula is C24H19F3O. The van der Waals surface area contributed by atoms with Crippen molar-refractivity contribution in [2.75, 3.05) is 0 Å². The molecule has 142 valence electrons. The lowest BCUT2D eigenvalue weighted by molar-refractivity contribution is -0.137. The SMILES string of the molecule is Cc1cccc(CC2Cc3c(cccc3-c3cccc(C(F)(F)F)c3)C2=O)c1. The van der Waals surface area contributed by atoms with Gasteiger partial charge in [-0.1, -0.05) is 60.2 Å². The van der Waals surface area contributed by atoms with Crippen LogP contribution >= 0.6 is 0 Å². The van der Waals surface area contributed by atoms with Gasteiger partial charge >= 0.3 is 6.18 Å². The van der Waals surface area contributed by atoms with Crippen LogP contribution < -0.4 is 0 Å². The van der Waals surface area contributed by atoms with Crippen LogP contribution in [0.25, 0.3) is 11.1 Å². The Hall–Kier alpha value is -2.88. The summed E-state index contributed by atoms with van der Waals surface area (Å²) in [4.78, 5) is 12.9. The van der Waals surface area contributed by atoms with Crippen LogP contribution in [0, 0.1) is 12.8 Å². The minimum atomic E-state index is -4.39. The Morgan fingerprint density at radius 1 is 0.929 bits per heavy atom. The number of rotatable bonds is 3. The molecule has 0 bridgehead atoms. The molecule has 1 atom stereocenters. The van der Waals surface area contributed by atoms with Crippen molar-refractivity contribution >= 4 is 5.78 Å². The number of benzene rings is 3. The molecule has 0 aromatic heterocycles. The molecule has 0 saturated heterocycles. The van der Waals surface area contributed by atoms with E-state index in [-0.39, 0.29) is 11.7 Å². The van der Waals surface area contributed by atoms with Gasteiger partial charge in [0.1, 0.15) is 0 Å². The fourth-order valence-electron chi connectivity index (χ4n) is 4.02. The van der Waals surface area contributed by atoms with Crippen molar-refractivity contribution in [3.8, 4) is 11.1 Å². The molecular weight excluding hydrogens is 361 g/mol. The minimum absolute atomic E-state index is 0.0744. The van der Waals surface area contributed by atoms with E-state index in [0.717, 1.165) is 28.8 Å². The first-order chi connectivity index (χ1) is 13.3. The Morgan fingerprint density at radius 3 is 2.39 bits per heavy atom. The van der Waals surface area contributed by atoms with E-state index in [1.54, 1.807) is 24.3 Å². The average Bonchev–Trinajstić information content (AvgIpc) is 2.97. The van der Waals surface area contributed by atoms with Crippen LogP contribution in [-0.2, 0) is 19.0 Å². The van der Waals surface area contributed by atoms with Gasteiger partial charge in [-0.3, -0.25) is 4.79 Å². The fraction of sp³-hybridized carbons (Fsp3) is 0.208. The van der Waals surface area contributed by atoms with Gasteiger partial charge in [0.15, 0.2) is 5.78 Å². The van der Waals surface area contributed by atoms with Crippen LogP contribution in [-0.4, -0.2) is 5.78 Å². The number of hydrogen-bond donors (Lipinski definition) is 0. The van der Waals surface area contributed by atoms with Crippen LogP contribution in [0.4, 0.5) is 13.2 Å². The Labute approximate surface area is 161 Å². The lowest BCUT2D eigenvalue weighted by atomic mass is 9.93. The molecule has 1 aliphatic carbocycles. The van der Waals surface area contributed by atoms with Crippen molar-refractivity contribution in [2.24, 2.45) is 5.92 Å². The normalized spacial score (nSPS) is 16.3. The molecule has 0 saturated carbocycles. The van der Waals surface area contributed by atoms with Gasteiger partial charge in [-0.05, 0) is 54.2 Å². The first kappa shape index (κ1) is 18.5. The summed E-state index contributed by atoms with van der Waals surface area (Å²) in [5, 5.41) is 0. The third kappa shape index (κ3) is 3.47. The predicted octanol–water partition coefficient (Wildman–Crippen LogP) is 6.28. The zero-order valence-electron chi connectivity index (χ0n) is 15.4. The Bertz CT molecular complexity index is 1050. The maximum Gasteiger partial charge on any atom is 0.416 e. The van der Waals surface area contributed by atoms with Gasteiger partial charge in [-0.25, -0.2) is 0 Å². The number of halogens is 3. The lowest BCUT2D eigenvalue weighted by Crippen LogP contribution is -2.12. The number of ketones is 1. The Kier molecular flexibility index (Phi) is 4.58. The Morgan fingerprint density at radius 2 is 1.64 bits per heavy atom. The smallest absolute Gasteiger partial charge is 0.294 e.